The number of sulfonamides is 1. The van der Waals surface area contributed by atoms with Crippen LogP contribution in [0.3, 0.4) is 0 Å². The summed E-state index contributed by atoms with van der Waals surface area (Å²) in [5.41, 5.74) is -0.542. The number of fused-ring (bicyclic) bond motifs is 2. The SMILES string of the molecule is CC[C@@H]1C[C@]1(NC(=O)[C@@H]1C[C@@H](Oc2cc(-c3nc(C(C)C)cs3)nc3c(Cl)c(OCCN4CCOCC4)ccc23)[C@H]2CN(C(=O)OC(C)(C)C)[C@H]([C@H](C)CC)C(=O)N21)C(=O)NS(=O)(=O)C1CC1. The number of aromatic nitrogens is 2. The van der Waals surface area contributed by atoms with Crippen LogP contribution in [0.25, 0.3) is 21.6 Å². The number of hydrogen-bond acceptors (Lipinski definition) is 14. The third-order valence-corrected chi connectivity index (χ3v) is 16.8. The smallest absolute Gasteiger partial charge is 0.411 e. The molecule has 1 aromatic carbocycles. The summed E-state index contributed by atoms with van der Waals surface area (Å²) < 4.78 is 52.9. The number of carbonyl (C=O) groups is 4. The molecule has 5 fully saturated rings. The van der Waals surface area contributed by atoms with Crippen LogP contribution in [0, 0.1) is 11.8 Å². The van der Waals surface area contributed by atoms with Gasteiger partial charge in [-0.1, -0.05) is 59.1 Å². The number of pyridine rings is 1. The van der Waals surface area contributed by atoms with E-state index in [4.69, 9.17) is 40.5 Å². The topological polar surface area (TPSA) is 199 Å². The summed E-state index contributed by atoms with van der Waals surface area (Å²) in [6.45, 7) is 19.1. The predicted octanol–water partition coefficient (Wildman–Crippen LogP) is 6.12. The van der Waals surface area contributed by atoms with Crippen molar-refractivity contribution in [3.05, 3.63) is 34.3 Å². The van der Waals surface area contributed by atoms with Crippen molar-refractivity contribution in [3.63, 3.8) is 0 Å². The Balaban J connectivity index is 1.17. The maximum atomic E-state index is 15.1. The van der Waals surface area contributed by atoms with Gasteiger partial charge >= 0.3 is 6.09 Å². The van der Waals surface area contributed by atoms with Crippen LogP contribution in [0.4, 0.5) is 4.79 Å². The average molecular weight is 987 g/mol. The molecule has 0 radical (unpaired) electrons. The lowest BCUT2D eigenvalue weighted by Crippen LogP contribution is -2.68. The molecule has 0 spiro atoms. The van der Waals surface area contributed by atoms with E-state index >= 15 is 4.79 Å². The number of nitrogens with zero attached hydrogens (tertiary/aromatic N) is 5. The van der Waals surface area contributed by atoms with E-state index < -0.39 is 74.5 Å². The molecule has 0 bridgehead atoms. The van der Waals surface area contributed by atoms with Crippen LogP contribution in [-0.4, -0.2) is 144 Å². The van der Waals surface area contributed by atoms with Crippen LogP contribution in [0.15, 0.2) is 23.6 Å². The largest absolute Gasteiger partial charge is 0.491 e. The highest BCUT2D eigenvalue weighted by atomic mass is 35.5. The van der Waals surface area contributed by atoms with Crippen molar-refractivity contribution in [3.8, 4) is 22.2 Å². The Morgan fingerprint density at radius 2 is 1.81 bits per heavy atom. The number of nitrogens with one attached hydrogen (secondary N) is 2. The average Bonchev–Trinajstić information content (AvgIpc) is 4.17. The molecule has 5 heterocycles. The normalized spacial score (nSPS) is 26.1. The van der Waals surface area contributed by atoms with Crippen LogP contribution in [0.5, 0.6) is 11.5 Å². The van der Waals surface area contributed by atoms with E-state index in [1.807, 2.05) is 32.2 Å². The van der Waals surface area contributed by atoms with Crippen LogP contribution < -0.4 is 19.5 Å². The molecule has 5 aliphatic rings. The monoisotopic (exact) mass is 985 g/mol. The van der Waals surface area contributed by atoms with Gasteiger partial charge in [-0.25, -0.2) is 23.2 Å². The van der Waals surface area contributed by atoms with Gasteiger partial charge in [0.1, 0.15) is 63.2 Å². The number of rotatable bonds is 16. The van der Waals surface area contributed by atoms with E-state index in [0.717, 1.165) is 18.8 Å². The third-order valence-electron chi connectivity index (χ3n) is 13.7. The molecule has 2 saturated carbocycles. The summed E-state index contributed by atoms with van der Waals surface area (Å²) in [4.78, 5) is 73.1. The van der Waals surface area contributed by atoms with Gasteiger partial charge in [0.05, 0.1) is 35.7 Å². The van der Waals surface area contributed by atoms with E-state index in [9.17, 15) is 22.8 Å². The number of ether oxygens (including phenoxy) is 4. The molecular formula is C47H64ClN7O10S2. The fourth-order valence-electron chi connectivity index (χ4n) is 9.43. The lowest BCUT2D eigenvalue weighted by molar-refractivity contribution is -0.153. The van der Waals surface area contributed by atoms with Crippen molar-refractivity contribution in [2.75, 3.05) is 46.0 Å². The maximum absolute atomic E-state index is 15.1. The second-order valence-corrected chi connectivity index (χ2v) is 23.1. The first-order valence-electron chi connectivity index (χ1n) is 23.6. The van der Waals surface area contributed by atoms with Gasteiger partial charge < -0.3 is 29.2 Å². The molecule has 3 aliphatic heterocycles. The number of halogens is 1. The second kappa shape index (κ2) is 19.2. The molecule has 3 aromatic rings. The molecule has 20 heteroatoms. The van der Waals surface area contributed by atoms with Crippen LogP contribution >= 0.6 is 22.9 Å². The van der Waals surface area contributed by atoms with Gasteiger partial charge in [0, 0.05) is 49.4 Å². The van der Waals surface area contributed by atoms with E-state index in [2.05, 4.69) is 28.8 Å². The minimum Gasteiger partial charge on any atom is -0.491 e. The van der Waals surface area contributed by atoms with E-state index in [-0.39, 0.29) is 42.2 Å². The molecule has 3 saturated heterocycles. The van der Waals surface area contributed by atoms with Crippen molar-refractivity contribution < 1.29 is 46.5 Å². The summed E-state index contributed by atoms with van der Waals surface area (Å²) in [5.74, 6) is -1.51. The first kappa shape index (κ1) is 49.1. The summed E-state index contributed by atoms with van der Waals surface area (Å²) >= 11 is 8.61. The van der Waals surface area contributed by atoms with Crippen LogP contribution in [0.2, 0.25) is 5.02 Å². The molecule has 17 nitrogen and oxygen atoms in total. The molecule has 0 unspecified atom stereocenters. The fourth-order valence-corrected chi connectivity index (χ4v) is 12.0. The fraction of sp³-hybridized carbons (Fsp3) is 0.660. The van der Waals surface area contributed by atoms with Crippen molar-refractivity contribution >= 4 is 67.7 Å². The van der Waals surface area contributed by atoms with Crippen molar-refractivity contribution in [1.29, 1.82) is 0 Å². The Labute approximate surface area is 402 Å². The van der Waals surface area contributed by atoms with Gasteiger partial charge in [-0.2, -0.15) is 0 Å². The van der Waals surface area contributed by atoms with Gasteiger partial charge in [-0.05, 0) is 69.9 Å². The Bertz CT molecular complexity index is 2490. The number of carbonyl (C=O) groups excluding carboxylic acids is 4. The summed E-state index contributed by atoms with van der Waals surface area (Å²) in [6.07, 6.45) is 0.667. The van der Waals surface area contributed by atoms with Crippen molar-refractivity contribution in [2.24, 2.45) is 11.8 Å². The lowest BCUT2D eigenvalue weighted by Gasteiger charge is -2.46. The molecule has 4 amide bonds. The Kier molecular flexibility index (Phi) is 14.1. The van der Waals surface area contributed by atoms with Crippen molar-refractivity contribution in [2.45, 2.75) is 140 Å². The molecular weight excluding hydrogens is 922 g/mol. The van der Waals surface area contributed by atoms with Crippen LogP contribution in [0.1, 0.15) is 106 Å². The predicted molar refractivity (Wildman–Crippen MR) is 254 cm³/mol. The summed E-state index contributed by atoms with van der Waals surface area (Å²) in [5, 5.41) is 5.76. The van der Waals surface area contributed by atoms with E-state index in [1.165, 1.54) is 21.1 Å². The second-order valence-electron chi connectivity index (χ2n) is 19.9. The lowest BCUT2D eigenvalue weighted by atomic mass is 9.92. The minimum atomic E-state index is -3.91. The van der Waals surface area contributed by atoms with Gasteiger partial charge in [0.2, 0.25) is 21.8 Å². The van der Waals surface area contributed by atoms with Crippen LogP contribution in [-0.2, 0) is 33.9 Å². The third kappa shape index (κ3) is 10.2. The first-order valence-corrected chi connectivity index (χ1v) is 26.4. The molecule has 2 aliphatic carbocycles. The summed E-state index contributed by atoms with van der Waals surface area (Å²) in [7, 11) is -3.91. The maximum Gasteiger partial charge on any atom is 0.411 e. The number of benzene rings is 1. The molecule has 67 heavy (non-hydrogen) atoms. The Hall–Kier alpha value is -4.30. The molecule has 2 N–H and O–H groups in total. The molecule has 2 aromatic heterocycles. The van der Waals surface area contributed by atoms with Crippen molar-refractivity contribution in [1.82, 2.24) is 34.7 Å². The molecule has 7 atom stereocenters. The van der Waals surface area contributed by atoms with Gasteiger partial charge in [0.25, 0.3) is 5.91 Å². The molecule has 366 valence electrons. The zero-order chi connectivity index (χ0) is 48.2. The van der Waals surface area contributed by atoms with Gasteiger partial charge in [-0.15, -0.1) is 11.3 Å². The van der Waals surface area contributed by atoms with E-state index in [0.29, 0.717) is 85.2 Å². The summed E-state index contributed by atoms with van der Waals surface area (Å²) in [6, 6.07) is 2.41. The number of thiazole rings is 1. The van der Waals surface area contributed by atoms with Gasteiger partial charge in [0.15, 0.2) is 0 Å². The first-order chi connectivity index (χ1) is 31.7. The Morgan fingerprint density at radius 1 is 1.07 bits per heavy atom. The highest BCUT2D eigenvalue weighted by molar-refractivity contribution is 7.91. The zero-order valence-electron chi connectivity index (χ0n) is 39.6. The Morgan fingerprint density at radius 3 is 2.43 bits per heavy atom. The number of hydrogen-bond donors (Lipinski definition) is 2. The van der Waals surface area contributed by atoms with Gasteiger partial charge in [-0.3, -0.25) is 28.9 Å². The minimum absolute atomic E-state index is 0.0170. The highest BCUT2D eigenvalue weighted by Crippen LogP contribution is 2.48. The number of morpholine rings is 1. The highest BCUT2D eigenvalue weighted by Gasteiger charge is 2.63. The standard InChI is InChI=1S/C47H64ClN7O10S2/c1-9-27(5)40-43(57)55-33(41(56)51-47(23-28(47)10-2)44(58)52-67(60,61)29-11-12-29)22-37(34(55)24-54(40)45(59)65-46(6,7)8)64-36-21-31(42-50-32(25-66-42)26(3)4)49-39-30(36)13-14-35(38(39)48)63-20-17-53-15-18-62-19-16-53/h13-14,21,25-29,33-34,37,40H,9-12,15-20,22-24H2,1-8H3,(H,51,56)(H,52,58)/t27-,28-,33+,34-,37-,40-,47-/m1/s1. The zero-order valence-corrected chi connectivity index (χ0v) is 42.0. The number of amides is 4. The quantitative estimate of drug-likeness (QED) is 0.167. The van der Waals surface area contributed by atoms with E-state index in [1.54, 1.807) is 32.9 Å². The number of piperazine rings is 1. The molecule has 8 rings (SSSR count).